The van der Waals surface area contributed by atoms with Crippen LogP contribution < -0.4 is 0 Å². The van der Waals surface area contributed by atoms with Crippen molar-refractivity contribution in [3.8, 4) is 0 Å². The molecule has 0 heterocycles. The standard InChI is InChI=1S/C7H5ClF.C7H5F2.Re.2W/c1-5-2-3-6(9)4-7(5)8;1-5-2-3-6(8)4-7(5)9;;;/h2*2-3H,1H3;;;/q2*-1;;;. The molecule has 0 saturated carbocycles. The Morgan fingerprint density at radius 2 is 1.24 bits per heavy atom. The van der Waals surface area contributed by atoms with Crippen molar-refractivity contribution in [2.45, 2.75) is 13.8 Å². The van der Waals surface area contributed by atoms with E-state index in [1.807, 2.05) is 6.07 Å². The number of aryl methyl sites for hydroxylation is 2. The summed E-state index contributed by atoms with van der Waals surface area (Å²) in [5.41, 5.74) is 1.26. The normalized spacial score (nSPS) is 8.29. The first-order valence-corrected chi connectivity index (χ1v) is 5.46. The maximum absolute atomic E-state index is 12.3. The Morgan fingerprint density at radius 1 is 0.810 bits per heavy atom. The third kappa shape index (κ3) is 10.0. The number of rotatable bonds is 0. The zero-order valence-electron chi connectivity index (χ0n) is 11.0. The van der Waals surface area contributed by atoms with Crippen LogP contribution in [0.2, 0.25) is 5.02 Å². The van der Waals surface area contributed by atoms with E-state index in [0.717, 1.165) is 5.56 Å². The first-order valence-electron chi connectivity index (χ1n) is 5.08. The fourth-order valence-electron chi connectivity index (χ4n) is 1.03. The molecular weight excluding hydrogens is 814 g/mol. The molecule has 0 aliphatic carbocycles. The summed E-state index contributed by atoms with van der Waals surface area (Å²) in [6.07, 6.45) is 0. The number of hydrogen-bond acceptors (Lipinski definition) is 0. The van der Waals surface area contributed by atoms with E-state index < -0.39 is 17.5 Å². The molecule has 2 aromatic carbocycles. The quantitative estimate of drug-likeness (QED) is 0.340. The number of benzene rings is 2. The zero-order valence-corrected chi connectivity index (χ0v) is 20.4. The van der Waals surface area contributed by atoms with Gasteiger partial charge in [-0.3, -0.25) is 0 Å². The second-order valence-electron chi connectivity index (χ2n) is 3.61. The summed E-state index contributed by atoms with van der Waals surface area (Å²) in [5.74, 6) is -1.68. The van der Waals surface area contributed by atoms with Crippen LogP contribution >= 0.6 is 11.6 Å². The predicted octanol–water partition coefficient (Wildman–Crippen LogP) is 4.65. The summed E-state index contributed by atoms with van der Waals surface area (Å²) < 4.78 is 36.5. The molecular formula is C14H10ClF3ReW2-2. The van der Waals surface area contributed by atoms with Gasteiger partial charge in [0.25, 0.3) is 0 Å². The van der Waals surface area contributed by atoms with E-state index in [0.29, 0.717) is 10.6 Å². The summed E-state index contributed by atoms with van der Waals surface area (Å²) in [4.78, 5) is 0. The minimum Gasteiger partial charge on any atom is -0.236 e. The van der Waals surface area contributed by atoms with Crippen LogP contribution in [0.5, 0.6) is 0 Å². The smallest absolute Gasteiger partial charge is 0.0165 e. The van der Waals surface area contributed by atoms with E-state index in [1.165, 1.54) is 18.2 Å². The Kier molecular flexibility index (Phi) is 16.4. The van der Waals surface area contributed by atoms with Crippen LogP contribution in [0.15, 0.2) is 24.3 Å². The van der Waals surface area contributed by atoms with Gasteiger partial charge < -0.3 is 0 Å². The zero-order chi connectivity index (χ0) is 13.7. The molecule has 0 aliphatic heterocycles. The van der Waals surface area contributed by atoms with E-state index in [2.05, 4.69) is 6.07 Å². The topological polar surface area (TPSA) is 0 Å². The molecule has 0 unspecified atom stereocenters. The Morgan fingerprint density at radius 3 is 1.57 bits per heavy atom. The van der Waals surface area contributed by atoms with Gasteiger partial charge in [0.2, 0.25) is 0 Å². The van der Waals surface area contributed by atoms with Gasteiger partial charge in [0.1, 0.15) is 0 Å². The first kappa shape index (κ1) is 26.5. The Hall–Kier alpha value is 0.559. The molecule has 0 amide bonds. The minimum atomic E-state index is -0.655. The summed E-state index contributed by atoms with van der Waals surface area (Å²) in [7, 11) is 0. The summed E-state index contributed by atoms with van der Waals surface area (Å²) in [6.45, 7) is 3.36. The first-order chi connectivity index (χ1) is 8.40. The van der Waals surface area contributed by atoms with Crippen molar-refractivity contribution in [3.63, 3.8) is 0 Å². The van der Waals surface area contributed by atoms with Crippen LogP contribution in [0.1, 0.15) is 11.1 Å². The fourth-order valence-corrected chi connectivity index (χ4v) is 1.19. The van der Waals surface area contributed by atoms with Crippen LogP contribution in [0.25, 0.3) is 0 Å². The van der Waals surface area contributed by atoms with Crippen molar-refractivity contribution < 1.29 is 75.7 Å². The van der Waals surface area contributed by atoms with Gasteiger partial charge in [-0.15, -0.1) is 47.0 Å². The van der Waals surface area contributed by atoms with Gasteiger partial charge in [0.15, 0.2) is 0 Å². The molecule has 115 valence electrons. The second kappa shape index (κ2) is 13.0. The second-order valence-corrected chi connectivity index (χ2v) is 3.98. The van der Waals surface area contributed by atoms with Crippen LogP contribution in [0.3, 0.4) is 0 Å². The van der Waals surface area contributed by atoms with Gasteiger partial charge in [-0.2, -0.15) is 12.1 Å². The van der Waals surface area contributed by atoms with Crippen LogP contribution in [-0.2, 0) is 62.6 Å². The maximum atomic E-state index is 12.3. The van der Waals surface area contributed by atoms with Crippen molar-refractivity contribution in [1.29, 1.82) is 0 Å². The van der Waals surface area contributed by atoms with Gasteiger partial charge in [-0.05, 0) is 0 Å². The average Bonchev–Trinajstić information content (AvgIpc) is 2.30. The van der Waals surface area contributed by atoms with Gasteiger partial charge in [-0.25, -0.2) is 13.2 Å². The monoisotopic (exact) mass is 825 g/mol. The summed E-state index contributed by atoms with van der Waals surface area (Å²) in [6, 6.07) is 9.75. The van der Waals surface area contributed by atoms with Gasteiger partial charge in [-0.1, -0.05) is 18.9 Å². The van der Waals surface area contributed by atoms with Crippen molar-refractivity contribution in [2.24, 2.45) is 0 Å². The van der Waals surface area contributed by atoms with Crippen molar-refractivity contribution in [3.05, 3.63) is 70.0 Å². The van der Waals surface area contributed by atoms with E-state index in [4.69, 9.17) is 11.6 Å². The summed E-state index contributed by atoms with van der Waals surface area (Å²) >= 11 is 5.52. The van der Waals surface area contributed by atoms with E-state index >= 15 is 0 Å². The van der Waals surface area contributed by atoms with E-state index in [-0.39, 0.29) is 62.6 Å². The molecule has 0 aromatic heterocycles. The van der Waals surface area contributed by atoms with Crippen LogP contribution in [-0.4, -0.2) is 0 Å². The van der Waals surface area contributed by atoms with Crippen LogP contribution in [0, 0.1) is 43.4 Å². The molecule has 2 rings (SSSR count). The largest absolute Gasteiger partial charge is 0.236 e. The predicted molar refractivity (Wildman–Crippen MR) is 64.9 cm³/mol. The fraction of sp³-hybridized carbons (Fsp3) is 0.143. The molecule has 21 heavy (non-hydrogen) atoms. The molecule has 0 atom stereocenters. The van der Waals surface area contributed by atoms with E-state index in [1.54, 1.807) is 19.9 Å². The molecule has 0 aliphatic rings. The number of hydrogen-bond donors (Lipinski definition) is 0. The van der Waals surface area contributed by atoms with Crippen molar-refractivity contribution >= 4 is 11.6 Å². The average molecular weight is 825 g/mol. The minimum absolute atomic E-state index is 0. The van der Waals surface area contributed by atoms with Crippen molar-refractivity contribution in [1.82, 2.24) is 0 Å². The van der Waals surface area contributed by atoms with Gasteiger partial charge in [0.05, 0.1) is 0 Å². The van der Waals surface area contributed by atoms with E-state index in [9.17, 15) is 13.2 Å². The Balaban J connectivity index is -0.000000270. The molecule has 2 aromatic rings. The Bertz CT molecular complexity index is 504. The van der Waals surface area contributed by atoms with Crippen LogP contribution in [0.4, 0.5) is 13.2 Å². The van der Waals surface area contributed by atoms with Gasteiger partial charge >= 0.3 is 0 Å². The molecule has 0 bridgehead atoms. The molecule has 0 N–H and O–H groups in total. The molecule has 1 radical (unpaired) electrons. The Labute approximate surface area is 170 Å². The third-order valence-electron chi connectivity index (χ3n) is 2.11. The van der Waals surface area contributed by atoms with Gasteiger partial charge in [0, 0.05) is 80.0 Å². The maximum Gasteiger partial charge on any atom is 0.0165 e. The molecule has 0 spiro atoms. The molecule has 0 saturated heterocycles. The number of halogens is 4. The molecule has 7 heteroatoms. The third-order valence-corrected chi connectivity index (χ3v) is 2.50. The van der Waals surface area contributed by atoms with Crippen molar-refractivity contribution in [2.75, 3.05) is 0 Å². The molecule has 0 fully saturated rings. The SMILES string of the molecule is Cc1ccc(F)[c-]c1Cl.Cc1ccc(F)[c-]c1F.[Re].[W].[W]. The summed E-state index contributed by atoms with van der Waals surface area (Å²) in [5, 5.41) is 0.356. The molecule has 0 nitrogen and oxygen atoms in total.